The van der Waals surface area contributed by atoms with Crippen LogP contribution in [-0.2, 0) is 6.54 Å². The highest BCUT2D eigenvalue weighted by Crippen LogP contribution is 2.27. The maximum Gasteiger partial charge on any atom is 0.185 e. The molecule has 3 nitrogen and oxygen atoms in total. The van der Waals surface area contributed by atoms with Crippen molar-refractivity contribution in [2.24, 2.45) is 5.92 Å². The van der Waals surface area contributed by atoms with Gasteiger partial charge in [0.15, 0.2) is 5.13 Å². The summed E-state index contributed by atoms with van der Waals surface area (Å²) < 4.78 is 0. The molecule has 0 saturated carbocycles. The summed E-state index contributed by atoms with van der Waals surface area (Å²) in [6, 6.07) is 0. The fraction of sp³-hybridized carbons (Fsp3) is 0.786. The van der Waals surface area contributed by atoms with Crippen LogP contribution in [0.5, 0.6) is 0 Å². The number of thiazole rings is 1. The molecule has 2 rings (SSSR count). The Labute approximate surface area is 115 Å². The highest BCUT2D eigenvalue weighted by Gasteiger charge is 2.18. The number of piperidine rings is 1. The predicted molar refractivity (Wildman–Crippen MR) is 79.3 cm³/mol. The van der Waals surface area contributed by atoms with Crippen LogP contribution in [0.2, 0.25) is 0 Å². The Morgan fingerprint density at radius 1 is 1.39 bits per heavy atom. The summed E-state index contributed by atoms with van der Waals surface area (Å²) in [6.45, 7) is 12.2. The van der Waals surface area contributed by atoms with E-state index in [2.05, 4.69) is 42.9 Å². The molecule has 0 radical (unpaired) electrons. The molecule has 0 amide bonds. The molecule has 4 heteroatoms. The zero-order valence-electron chi connectivity index (χ0n) is 12.0. The van der Waals surface area contributed by atoms with E-state index in [1.165, 1.54) is 35.9 Å². The van der Waals surface area contributed by atoms with Gasteiger partial charge in [-0.2, -0.15) is 0 Å². The fourth-order valence-corrected chi connectivity index (χ4v) is 2.98. The summed E-state index contributed by atoms with van der Waals surface area (Å²) in [6.07, 6.45) is 4.63. The lowest BCUT2D eigenvalue weighted by molar-refractivity contribution is 0.426. The minimum absolute atomic E-state index is 0.171. The van der Waals surface area contributed by atoms with Crippen LogP contribution in [0, 0.1) is 5.92 Å². The van der Waals surface area contributed by atoms with Gasteiger partial charge >= 0.3 is 0 Å². The normalized spacial score (nSPS) is 18.3. The van der Waals surface area contributed by atoms with Gasteiger partial charge in [0.05, 0.1) is 0 Å². The maximum atomic E-state index is 4.57. The Morgan fingerprint density at radius 3 is 2.67 bits per heavy atom. The van der Waals surface area contributed by atoms with Crippen LogP contribution >= 0.6 is 11.3 Å². The SMILES string of the molecule is CC1CCN(c2ncc(CNC(C)(C)C)s2)CC1. The molecule has 1 aliphatic heterocycles. The van der Waals surface area contributed by atoms with Crippen molar-refractivity contribution in [2.75, 3.05) is 18.0 Å². The van der Waals surface area contributed by atoms with Gasteiger partial charge in [0.25, 0.3) is 0 Å². The second kappa shape index (κ2) is 5.57. The molecule has 1 N–H and O–H groups in total. The third-order valence-electron chi connectivity index (χ3n) is 3.39. The van der Waals surface area contributed by atoms with E-state index in [1.807, 2.05) is 17.5 Å². The summed E-state index contributed by atoms with van der Waals surface area (Å²) >= 11 is 1.83. The highest BCUT2D eigenvalue weighted by molar-refractivity contribution is 7.15. The third-order valence-corrected chi connectivity index (χ3v) is 4.45. The fourth-order valence-electron chi connectivity index (χ4n) is 2.08. The van der Waals surface area contributed by atoms with Crippen molar-refractivity contribution >= 4 is 16.5 Å². The number of anilines is 1. The Kier molecular flexibility index (Phi) is 4.28. The summed E-state index contributed by atoms with van der Waals surface area (Å²) in [5, 5.41) is 4.71. The first-order valence-corrected chi connectivity index (χ1v) is 7.70. The zero-order valence-corrected chi connectivity index (χ0v) is 12.8. The van der Waals surface area contributed by atoms with Crippen molar-refractivity contribution in [1.29, 1.82) is 0 Å². The smallest absolute Gasteiger partial charge is 0.185 e. The zero-order chi connectivity index (χ0) is 13.2. The van der Waals surface area contributed by atoms with Gasteiger partial charge in [-0.15, -0.1) is 11.3 Å². The van der Waals surface area contributed by atoms with Gasteiger partial charge in [0.1, 0.15) is 0 Å². The van der Waals surface area contributed by atoms with E-state index in [-0.39, 0.29) is 5.54 Å². The van der Waals surface area contributed by atoms with E-state index in [0.717, 1.165) is 12.5 Å². The van der Waals surface area contributed by atoms with Crippen molar-refractivity contribution in [3.8, 4) is 0 Å². The van der Waals surface area contributed by atoms with Crippen LogP contribution in [0.1, 0.15) is 45.4 Å². The van der Waals surface area contributed by atoms with Gasteiger partial charge in [-0.3, -0.25) is 0 Å². The average Bonchev–Trinajstić information content (AvgIpc) is 2.75. The lowest BCUT2D eigenvalue weighted by Crippen LogP contribution is -2.34. The molecule has 0 unspecified atom stereocenters. The number of hydrogen-bond donors (Lipinski definition) is 1. The first-order valence-electron chi connectivity index (χ1n) is 6.89. The summed E-state index contributed by atoms with van der Waals surface area (Å²) in [5.41, 5.74) is 0.171. The van der Waals surface area contributed by atoms with Crippen LogP contribution in [0.25, 0.3) is 0 Å². The minimum Gasteiger partial charge on any atom is -0.348 e. The number of nitrogens with one attached hydrogen (secondary N) is 1. The van der Waals surface area contributed by atoms with Crippen LogP contribution < -0.4 is 10.2 Å². The van der Waals surface area contributed by atoms with E-state index >= 15 is 0 Å². The number of hydrogen-bond acceptors (Lipinski definition) is 4. The second-order valence-electron chi connectivity index (χ2n) is 6.38. The van der Waals surface area contributed by atoms with Crippen molar-refractivity contribution in [1.82, 2.24) is 10.3 Å². The molecule has 102 valence electrons. The molecule has 0 bridgehead atoms. The van der Waals surface area contributed by atoms with Crippen LogP contribution in [0.3, 0.4) is 0 Å². The Bertz CT molecular complexity index is 373. The van der Waals surface area contributed by atoms with Crippen LogP contribution in [0.4, 0.5) is 5.13 Å². The Balaban J connectivity index is 1.90. The van der Waals surface area contributed by atoms with Gasteiger partial charge < -0.3 is 10.2 Å². The van der Waals surface area contributed by atoms with Crippen LogP contribution in [0.15, 0.2) is 6.20 Å². The topological polar surface area (TPSA) is 28.2 Å². The first-order chi connectivity index (χ1) is 8.44. The predicted octanol–water partition coefficient (Wildman–Crippen LogP) is 3.27. The standard InChI is InChI=1S/C14H25N3S/c1-11-5-7-17(8-6-11)13-15-9-12(18-13)10-16-14(2,3)4/h9,11,16H,5-8,10H2,1-4H3. The summed E-state index contributed by atoms with van der Waals surface area (Å²) in [4.78, 5) is 8.34. The quantitative estimate of drug-likeness (QED) is 0.911. The van der Waals surface area contributed by atoms with Gasteiger partial charge in [0.2, 0.25) is 0 Å². The Hall–Kier alpha value is -0.610. The van der Waals surface area contributed by atoms with Gasteiger partial charge in [-0.05, 0) is 39.5 Å². The van der Waals surface area contributed by atoms with Gasteiger partial charge in [-0.25, -0.2) is 4.98 Å². The van der Waals surface area contributed by atoms with E-state index in [4.69, 9.17) is 0 Å². The molecule has 0 atom stereocenters. The lowest BCUT2D eigenvalue weighted by Gasteiger charge is -2.29. The van der Waals surface area contributed by atoms with Crippen molar-refractivity contribution in [3.63, 3.8) is 0 Å². The number of aromatic nitrogens is 1. The molecule has 0 aliphatic carbocycles. The Morgan fingerprint density at radius 2 is 2.06 bits per heavy atom. The molecule has 1 saturated heterocycles. The molecular formula is C14H25N3S. The monoisotopic (exact) mass is 267 g/mol. The van der Waals surface area contributed by atoms with Crippen molar-refractivity contribution < 1.29 is 0 Å². The molecule has 18 heavy (non-hydrogen) atoms. The summed E-state index contributed by atoms with van der Waals surface area (Å²) in [7, 11) is 0. The second-order valence-corrected chi connectivity index (χ2v) is 7.48. The molecular weight excluding hydrogens is 242 g/mol. The van der Waals surface area contributed by atoms with E-state index in [1.54, 1.807) is 0 Å². The first kappa shape index (κ1) is 13.8. The third kappa shape index (κ3) is 3.95. The van der Waals surface area contributed by atoms with E-state index < -0.39 is 0 Å². The minimum atomic E-state index is 0.171. The largest absolute Gasteiger partial charge is 0.348 e. The van der Waals surface area contributed by atoms with Crippen molar-refractivity contribution in [2.45, 2.75) is 52.6 Å². The molecule has 0 spiro atoms. The van der Waals surface area contributed by atoms with Crippen molar-refractivity contribution in [3.05, 3.63) is 11.1 Å². The van der Waals surface area contributed by atoms with E-state index in [9.17, 15) is 0 Å². The molecule has 1 fully saturated rings. The molecule has 2 heterocycles. The maximum absolute atomic E-state index is 4.57. The van der Waals surface area contributed by atoms with Gasteiger partial charge in [-0.1, -0.05) is 6.92 Å². The molecule has 1 aromatic heterocycles. The van der Waals surface area contributed by atoms with E-state index in [0.29, 0.717) is 0 Å². The average molecular weight is 267 g/mol. The number of nitrogens with zero attached hydrogens (tertiary/aromatic N) is 2. The summed E-state index contributed by atoms with van der Waals surface area (Å²) in [5.74, 6) is 0.878. The van der Waals surface area contributed by atoms with Crippen LogP contribution in [-0.4, -0.2) is 23.6 Å². The molecule has 1 aromatic rings. The highest BCUT2D eigenvalue weighted by atomic mass is 32.1. The number of rotatable bonds is 3. The molecule has 1 aliphatic rings. The van der Waals surface area contributed by atoms with Gasteiger partial charge in [0, 0.05) is 36.2 Å². The lowest BCUT2D eigenvalue weighted by atomic mass is 10.00. The molecule has 0 aromatic carbocycles.